The smallest absolute Gasteiger partial charge is 0.413 e. The number of thiazole rings is 1. The summed E-state index contributed by atoms with van der Waals surface area (Å²) in [6.07, 6.45) is -4.11. The first-order valence-corrected chi connectivity index (χ1v) is 4.73. The lowest BCUT2D eigenvalue weighted by Crippen LogP contribution is -2.34. The fraction of sp³-hybridized carbons (Fsp3) is 0.571. The number of hydrogen-bond acceptors (Lipinski definition) is 5. The van der Waals surface area contributed by atoms with Crippen molar-refractivity contribution < 1.29 is 28.1 Å². The molecule has 0 saturated carbocycles. The molecule has 4 nitrogen and oxygen atoms in total. The average molecular weight is 243 g/mol. The molecule has 1 rings (SSSR count). The quantitative estimate of drug-likeness (QED) is 0.791. The Morgan fingerprint density at radius 3 is 2.47 bits per heavy atom. The second-order valence-corrected chi connectivity index (χ2v) is 3.68. The van der Waals surface area contributed by atoms with Gasteiger partial charge in [-0.15, -0.1) is 0 Å². The van der Waals surface area contributed by atoms with Crippen LogP contribution in [0.25, 0.3) is 0 Å². The van der Waals surface area contributed by atoms with Crippen LogP contribution in [0.1, 0.15) is 18.2 Å². The van der Waals surface area contributed by atoms with Gasteiger partial charge in [0.2, 0.25) is 0 Å². The van der Waals surface area contributed by atoms with Gasteiger partial charge < -0.3 is 14.9 Å². The van der Waals surface area contributed by atoms with Crippen LogP contribution in [-0.4, -0.2) is 21.2 Å². The van der Waals surface area contributed by atoms with Crippen molar-refractivity contribution in [3.63, 3.8) is 0 Å². The Labute approximate surface area is 86.9 Å². The number of hydrogen-bond donors (Lipinski definition) is 2. The largest absolute Gasteiger partial charge is 0.427 e. The van der Waals surface area contributed by atoms with Gasteiger partial charge in [0, 0.05) is 6.42 Å². The van der Waals surface area contributed by atoms with Crippen LogP contribution in [0.15, 0.2) is 6.20 Å². The summed E-state index contributed by atoms with van der Waals surface area (Å²) in [7, 11) is 0. The lowest BCUT2D eigenvalue weighted by Gasteiger charge is -2.18. The molecule has 1 aromatic rings. The van der Waals surface area contributed by atoms with Gasteiger partial charge in [-0.05, 0) is 0 Å². The predicted molar refractivity (Wildman–Crippen MR) is 45.2 cm³/mol. The molecule has 0 saturated heterocycles. The summed E-state index contributed by atoms with van der Waals surface area (Å²) in [6.45, 7) is 1.40. The number of nitrogens with zero attached hydrogens (tertiary/aromatic N) is 1. The molecule has 0 atom stereocenters. The molecule has 0 radical (unpaired) electrons. The van der Waals surface area contributed by atoms with E-state index in [1.54, 1.807) is 0 Å². The van der Waals surface area contributed by atoms with E-state index in [0.717, 1.165) is 0 Å². The van der Waals surface area contributed by atoms with Gasteiger partial charge in [-0.1, -0.05) is 18.3 Å². The molecule has 0 aliphatic rings. The Morgan fingerprint density at radius 1 is 1.47 bits per heavy atom. The van der Waals surface area contributed by atoms with Gasteiger partial charge in [0.25, 0.3) is 5.19 Å². The molecule has 2 N–H and O–H groups in total. The number of alkyl halides is 3. The zero-order valence-electron chi connectivity index (χ0n) is 7.58. The monoisotopic (exact) mass is 243 g/mol. The highest BCUT2D eigenvalue weighted by Crippen LogP contribution is 2.36. The van der Waals surface area contributed by atoms with Crippen LogP contribution in [0.5, 0.6) is 5.19 Å². The maximum atomic E-state index is 12.1. The SMILES string of the molecule is CCC(O)(O)Oc1ncc(C(F)(F)F)s1. The Kier molecular flexibility index (Phi) is 3.22. The van der Waals surface area contributed by atoms with E-state index in [1.165, 1.54) is 6.92 Å². The van der Waals surface area contributed by atoms with Crippen molar-refractivity contribution in [3.05, 3.63) is 11.1 Å². The molecular weight excluding hydrogens is 235 g/mol. The van der Waals surface area contributed by atoms with Gasteiger partial charge in [0.1, 0.15) is 4.88 Å². The summed E-state index contributed by atoms with van der Waals surface area (Å²) in [5, 5.41) is 17.6. The highest BCUT2D eigenvalue weighted by atomic mass is 32.1. The molecule has 1 heterocycles. The summed E-state index contributed by atoms with van der Waals surface area (Å²) in [4.78, 5) is 2.32. The molecule has 0 spiro atoms. The van der Waals surface area contributed by atoms with Crippen LogP contribution < -0.4 is 4.74 Å². The normalized spacial score (nSPS) is 12.9. The van der Waals surface area contributed by atoms with Gasteiger partial charge in [-0.2, -0.15) is 13.2 Å². The molecule has 0 aromatic carbocycles. The highest BCUT2D eigenvalue weighted by molar-refractivity contribution is 7.13. The van der Waals surface area contributed by atoms with Gasteiger partial charge in [-0.25, -0.2) is 4.98 Å². The second-order valence-electron chi connectivity index (χ2n) is 2.69. The second kappa shape index (κ2) is 3.95. The summed E-state index contributed by atoms with van der Waals surface area (Å²) >= 11 is 0.204. The van der Waals surface area contributed by atoms with E-state index >= 15 is 0 Å². The summed E-state index contributed by atoms with van der Waals surface area (Å²) in [5.74, 6) is -2.49. The minimum atomic E-state index is -4.50. The fourth-order valence-electron chi connectivity index (χ4n) is 0.648. The molecule has 0 amide bonds. The molecule has 1 aromatic heterocycles. The third-order valence-corrected chi connectivity index (χ3v) is 2.40. The first-order chi connectivity index (χ1) is 6.74. The van der Waals surface area contributed by atoms with Gasteiger partial charge in [-0.3, -0.25) is 0 Å². The molecular formula is C7H8F3NO3S. The lowest BCUT2D eigenvalue weighted by molar-refractivity contribution is -0.292. The topological polar surface area (TPSA) is 62.6 Å². The van der Waals surface area contributed by atoms with Crippen molar-refractivity contribution in [2.75, 3.05) is 0 Å². The fourth-order valence-corrected chi connectivity index (χ4v) is 1.34. The zero-order chi connectivity index (χ0) is 11.7. The van der Waals surface area contributed by atoms with Gasteiger partial charge in [0.05, 0.1) is 6.20 Å². The van der Waals surface area contributed by atoms with E-state index in [4.69, 9.17) is 10.2 Å². The number of halogens is 3. The first kappa shape index (κ1) is 12.2. The Balaban J connectivity index is 2.78. The van der Waals surface area contributed by atoms with Crippen LogP contribution >= 0.6 is 11.3 Å². The van der Waals surface area contributed by atoms with E-state index in [9.17, 15) is 13.2 Å². The highest BCUT2D eigenvalue weighted by Gasteiger charge is 2.34. The Bertz CT molecular complexity index is 336. The van der Waals surface area contributed by atoms with Crippen molar-refractivity contribution in [3.8, 4) is 5.19 Å². The number of aromatic nitrogens is 1. The van der Waals surface area contributed by atoms with E-state index < -0.39 is 22.2 Å². The molecule has 8 heteroatoms. The van der Waals surface area contributed by atoms with E-state index in [0.29, 0.717) is 6.20 Å². The van der Waals surface area contributed by atoms with Crippen LogP contribution in [0.4, 0.5) is 13.2 Å². The summed E-state index contributed by atoms with van der Waals surface area (Å²) in [6, 6.07) is 0. The standard InChI is InChI=1S/C7H8F3NO3S/c1-2-6(12,13)14-5-11-3-4(15-5)7(8,9)10/h3,12-13H,2H2,1H3. The minimum absolute atomic E-state index is 0.187. The average Bonchev–Trinajstić information content (AvgIpc) is 2.51. The van der Waals surface area contributed by atoms with Crippen molar-refractivity contribution in [1.82, 2.24) is 4.98 Å². The van der Waals surface area contributed by atoms with Crippen LogP contribution in [0, 0.1) is 0 Å². The van der Waals surface area contributed by atoms with E-state index in [2.05, 4.69) is 9.72 Å². The van der Waals surface area contributed by atoms with Gasteiger partial charge >= 0.3 is 12.1 Å². The molecule has 0 bridgehead atoms. The molecule has 0 unspecified atom stereocenters. The molecule has 0 aliphatic carbocycles. The molecule has 0 fully saturated rings. The Morgan fingerprint density at radius 2 is 2.07 bits per heavy atom. The van der Waals surface area contributed by atoms with Crippen LogP contribution in [0.2, 0.25) is 0 Å². The lowest BCUT2D eigenvalue weighted by atomic mass is 10.4. The summed E-state index contributed by atoms with van der Waals surface area (Å²) < 4.78 is 40.8. The van der Waals surface area contributed by atoms with Crippen LogP contribution in [-0.2, 0) is 6.18 Å². The maximum Gasteiger partial charge on any atom is 0.427 e. The van der Waals surface area contributed by atoms with Crippen molar-refractivity contribution in [2.45, 2.75) is 25.5 Å². The molecule has 86 valence electrons. The van der Waals surface area contributed by atoms with Crippen molar-refractivity contribution >= 4 is 11.3 Å². The van der Waals surface area contributed by atoms with E-state index in [1.807, 2.05) is 0 Å². The first-order valence-electron chi connectivity index (χ1n) is 3.91. The number of rotatable bonds is 3. The molecule has 15 heavy (non-hydrogen) atoms. The third kappa shape index (κ3) is 3.33. The van der Waals surface area contributed by atoms with Crippen LogP contribution in [0.3, 0.4) is 0 Å². The third-order valence-electron chi connectivity index (χ3n) is 1.48. The maximum absolute atomic E-state index is 12.1. The minimum Gasteiger partial charge on any atom is -0.413 e. The zero-order valence-corrected chi connectivity index (χ0v) is 8.39. The Hall–Kier alpha value is -0.860. The number of aliphatic hydroxyl groups is 2. The number of ether oxygens (including phenoxy) is 1. The van der Waals surface area contributed by atoms with E-state index in [-0.39, 0.29) is 17.8 Å². The predicted octanol–water partition coefficient (Wildman–Crippen LogP) is 1.59. The molecule has 0 aliphatic heterocycles. The van der Waals surface area contributed by atoms with Gasteiger partial charge in [0.15, 0.2) is 0 Å². The summed E-state index contributed by atoms with van der Waals surface area (Å²) in [5.41, 5.74) is 0. The van der Waals surface area contributed by atoms with Crippen molar-refractivity contribution in [1.29, 1.82) is 0 Å². The van der Waals surface area contributed by atoms with Crippen molar-refractivity contribution in [2.24, 2.45) is 0 Å².